The first kappa shape index (κ1) is 17.2. The van der Waals surface area contributed by atoms with E-state index in [2.05, 4.69) is 15.0 Å². The fourth-order valence-electron chi connectivity index (χ4n) is 3.44. The summed E-state index contributed by atoms with van der Waals surface area (Å²) in [5, 5.41) is 10.4. The zero-order valence-electron chi connectivity index (χ0n) is 14.9. The van der Waals surface area contributed by atoms with Crippen LogP contribution in [0.2, 0.25) is 0 Å². The molecule has 10 heteroatoms. The maximum atomic E-state index is 10.4. The predicted molar refractivity (Wildman–Crippen MR) is 96.5 cm³/mol. The summed E-state index contributed by atoms with van der Waals surface area (Å²) in [7, 11) is 0. The smallest absolute Gasteiger partial charge is 0.231 e. The zero-order valence-corrected chi connectivity index (χ0v) is 14.9. The molecular formula is C18H19N5O5. The van der Waals surface area contributed by atoms with Crippen LogP contribution < -0.4 is 15.2 Å². The van der Waals surface area contributed by atoms with Crippen molar-refractivity contribution >= 4 is 17.0 Å². The Morgan fingerprint density at radius 2 is 2.11 bits per heavy atom. The van der Waals surface area contributed by atoms with Gasteiger partial charge in [0.05, 0.1) is 25.6 Å². The van der Waals surface area contributed by atoms with Gasteiger partial charge in [0, 0.05) is 6.42 Å². The van der Waals surface area contributed by atoms with Crippen LogP contribution in [-0.4, -0.2) is 50.2 Å². The summed E-state index contributed by atoms with van der Waals surface area (Å²) in [6, 6.07) is 5.67. The number of benzene rings is 1. The number of ether oxygens (including phenoxy) is 4. The van der Waals surface area contributed by atoms with Crippen LogP contribution in [0.25, 0.3) is 11.2 Å². The molecule has 0 bridgehead atoms. The molecule has 1 saturated heterocycles. The molecule has 2 aliphatic rings. The molecule has 3 atom stereocenters. The Morgan fingerprint density at radius 3 is 3.04 bits per heavy atom. The van der Waals surface area contributed by atoms with E-state index in [0.717, 1.165) is 11.3 Å². The van der Waals surface area contributed by atoms with Crippen LogP contribution in [0.3, 0.4) is 0 Å². The molecule has 0 unspecified atom stereocenters. The minimum absolute atomic E-state index is 0.239. The summed E-state index contributed by atoms with van der Waals surface area (Å²) >= 11 is 0. The van der Waals surface area contributed by atoms with Crippen LogP contribution in [0.4, 0.5) is 5.82 Å². The number of hydrogen-bond acceptors (Lipinski definition) is 9. The summed E-state index contributed by atoms with van der Waals surface area (Å²) in [6.45, 7) is 0.879. The Bertz CT molecular complexity index is 1010. The largest absolute Gasteiger partial charge is 0.454 e. The number of hydrogen-bond donors (Lipinski definition) is 2. The second-order valence-corrected chi connectivity index (χ2v) is 6.72. The third-order valence-electron chi connectivity index (χ3n) is 4.89. The summed E-state index contributed by atoms with van der Waals surface area (Å²) in [6.07, 6.45) is 1.89. The third-order valence-corrected chi connectivity index (χ3v) is 4.89. The minimum atomic E-state index is -0.654. The first-order chi connectivity index (χ1) is 13.7. The highest BCUT2D eigenvalue weighted by Crippen LogP contribution is 2.33. The van der Waals surface area contributed by atoms with E-state index < -0.39 is 18.4 Å². The fraction of sp³-hybridized carbons (Fsp3) is 0.389. The molecule has 5 rings (SSSR count). The lowest BCUT2D eigenvalue weighted by Gasteiger charge is -2.16. The van der Waals surface area contributed by atoms with Gasteiger partial charge in [0.1, 0.15) is 24.2 Å². The lowest BCUT2D eigenvalue weighted by molar-refractivity contribution is -0.0647. The van der Waals surface area contributed by atoms with E-state index in [0.29, 0.717) is 35.8 Å². The van der Waals surface area contributed by atoms with Crippen LogP contribution in [0.1, 0.15) is 18.2 Å². The van der Waals surface area contributed by atoms with Gasteiger partial charge < -0.3 is 29.8 Å². The summed E-state index contributed by atoms with van der Waals surface area (Å²) in [4.78, 5) is 12.4. The molecule has 2 aromatic heterocycles. The Labute approximate surface area is 159 Å². The van der Waals surface area contributed by atoms with Crippen molar-refractivity contribution in [2.24, 2.45) is 0 Å². The molecule has 1 fully saturated rings. The molecule has 10 nitrogen and oxygen atoms in total. The Morgan fingerprint density at radius 1 is 1.21 bits per heavy atom. The standard InChI is InChI=1S/C18H19N5O5/c19-17-16-18(21-7-20-17)23(8-22-16)15-4-11(24)14(28-15)6-25-5-10-1-2-12-13(3-10)27-9-26-12/h1-3,7-8,11,14-15,24H,4-6,9H2,(H2,19,20,21)/t11-,14+,15+/m0/s1. The second-order valence-electron chi connectivity index (χ2n) is 6.72. The van der Waals surface area contributed by atoms with Crippen molar-refractivity contribution in [3.63, 3.8) is 0 Å². The van der Waals surface area contributed by atoms with Gasteiger partial charge in [-0.05, 0) is 17.7 Å². The molecule has 3 N–H and O–H groups in total. The highest BCUT2D eigenvalue weighted by atomic mass is 16.7. The van der Waals surface area contributed by atoms with Crippen LogP contribution in [0.5, 0.6) is 11.5 Å². The van der Waals surface area contributed by atoms with Crippen molar-refractivity contribution in [2.75, 3.05) is 19.1 Å². The number of nitrogens with two attached hydrogens (primary N) is 1. The van der Waals surface area contributed by atoms with Crippen molar-refractivity contribution in [3.05, 3.63) is 36.4 Å². The number of nitrogens with zero attached hydrogens (tertiary/aromatic N) is 4. The van der Waals surface area contributed by atoms with E-state index in [4.69, 9.17) is 24.7 Å². The highest BCUT2D eigenvalue weighted by molar-refractivity contribution is 5.81. The molecule has 2 aliphatic heterocycles. The van der Waals surface area contributed by atoms with Gasteiger partial charge in [-0.2, -0.15) is 0 Å². The normalized spacial score (nSPS) is 23.5. The lowest BCUT2D eigenvalue weighted by Crippen LogP contribution is -2.26. The van der Waals surface area contributed by atoms with Gasteiger partial charge in [-0.25, -0.2) is 15.0 Å². The van der Waals surface area contributed by atoms with E-state index in [9.17, 15) is 5.11 Å². The van der Waals surface area contributed by atoms with Gasteiger partial charge in [0.15, 0.2) is 23.0 Å². The molecule has 28 heavy (non-hydrogen) atoms. The van der Waals surface area contributed by atoms with Crippen molar-refractivity contribution in [3.8, 4) is 11.5 Å². The van der Waals surface area contributed by atoms with Gasteiger partial charge >= 0.3 is 0 Å². The number of aliphatic hydroxyl groups excluding tert-OH is 1. The first-order valence-corrected chi connectivity index (χ1v) is 8.92. The zero-order chi connectivity index (χ0) is 19.1. The predicted octanol–water partition coefficient (Wildman–Crippen LogP) is 1.00. The topological polar surface area (TPSA) is 127 Å². The quantitative estimate of drug-likeness (QED) is 0.661. The van der Waals surface area contributed by atoms with E-state index in [1.54, 1.807) is 10.9 Å². The van der Waals surface area contributed by atoms with E-state index in [1.165, 1.54) is 6.33 Å². The van der Waals surface area contributed by atoms with Crippen molar-refractivity contribution in [2.45, 2.75) is 31.5 Å². The van der Waals surface area contributed by atoms with Gasteiger partial charge in [0.25, 0.3) is 0 Å². The second kappa shape index (κ2) is 6.89. The highest BCUT2D eigenvalue weighted by Gasteiger charge is 2.36. The molecule has 0 radical (unpaired) electrons. The molecule has 3 aromatic rings. The van der Waals surface area contributed by atoms with E-state index in [-0.39, 0.29) is 13.4 Å². The summed E-state index contributed by atoms with van der Waals surface area (Å²) in [5.74, 6) is 1.76. The Hall–Kier alpha value is -2.95. The molecule has 1 aromatic carbocycles. The molecule has 146 valence electrons. The van der Waals surface area contributed by atoms with Gasteiger partial charge in [-0.1, -0.05) is 6.07 Å². The molecule has 0 saturated carbocycles. The number of anilines is 1. The summed E-state index contributed by atoms with van der Waals surface area (Å²) in [5.41, 5.74) is 7.88. The molecule has 4 heterocycles. The number of nitrogen functional groups attached to an aromatic ring is 1. The molecular weight excluding hydrogens is 366 g/mol. The van der Waals surface area contributed by atoms with Crippen LogP contribution in [0.15, 0.2) is 30.9 Å². The number of fused-ring (bicyclic) bond motifs is 2. The summed E-state index contributed by atoms with van der Waals surface area (Å²) < 4.78 is 24.2. The average Bonchev–Trinajstić information content (AvgIpc) is 3.40. The fourth-order valence-corrected chi connectivity index (χ4v) is 3.44. The van der Waals surface area contributed by atoms with Crippen LogP contribution >= 0.6 is 0 Å². The van der Waals surface area contributed by atoms with E-state index >= 15 is 0 Å². The Balaban J connectivity index is 1.22. The minimum Gasteiger partial charge on any atom is -0.454 e. The van der Waals surface area contributed by atoms with Gasteiger partial charge in [-0.15, -0.1) is 0 Å². The number of aromatic nitrogens is 4. The monoisotopic (exact) mass is 385 g/mol. The Kier molecular flexibility index (Phi) is 4.23. The molecule has 0 aliphatic carbocycles. The number of aliphatic hydroxyl groups is 1. The SMILES string of the molecule is Nc1ncnc2c1ncn2[C@H]1C[C@H](O)[C@@H](COCc2ccc3c(c2)OCO3)O1. The molecule has 0 spiro atoms. The maximum Gasteiger partial charge on any atom is 0.231 e. The van der Waals surface area contributed by atoms with E-state index in [1.807, 2.05) is 18.2 Å². The first-order valence-electron chi connectivity index (χ1n) is 8.92. The third kappa shape index (κ3) is 3.01. The molecule has 0 amide bonds. The number of rotatable bonds is 5. The van der Waals surface area contributed by atoms with Crippen molar-refractivity contribution in [1.29, 1.82) is 0 Å². The van der Waals surface area contributed by atoms with Crippen LogP contribution in [0, 0.1) is 0 Å². The average molecular weight is 385 g/mol. The van der Waals surface area contributed by atoms with Crippen molar-refractivity contribution < 1.29 is 24.1 Å². The van der Waals surface area contributed by atoms with Gasteiger partial charge in [-0.3, -0.25) is 4.57 Å². The van der Waals surface area contributed by atoms with Crippen molar-refractivity contribution in [1.82, 2.24) is 19.5 Å². The number of imidazole rings is 1. The van der Waals surface area contributed by atoms with Crippen LogP contribution in [-0.2, 0) is 16.1 Å². The lowest BCUT2D eigenvalue weighted by atomic mass is 10.2. The maximum absolute atomic E-state index is 10.4. The van der Waals surface area contributed by atoms with Gasteiger partial charge in [0.2, 0.25) is 6.79 Å².